The van der Waals surface area contributed by atoms with Gasteiger partial charge in [-0.25, -0.2) is 0 Å². The van der Waals surface area contributed by atoms with E-state index in [1.807, 2.05) is 23.1 Å². The number of hydrogen-bond acceptors (Lipinski definition) is 2. The van der Waals surface area contributed by atoms with Crippen molar-refractivity contribution in [1.82, 2.24) is 4.57 Å². The monoisotopic (exact) mass is 310 g/mol. The average Bonchev–Trinajstić information content (AvgIpc) is 2.55. The maximum atomic E-state index is 13.2. The maximum absolute atomic E-state index is 13.2. The second-order valence-corrected chi connectivity index (χ2v) is 6.52. The molecule has 0 fully saturated rings. The summed E-state index contributed by atoms with van der Waals surface area (Å²) in [6, 6.07) is 11.4. The van der Waals surface area contributed by atoms with Crippen LogP contribution in [0.25, 0.3) is 0 Å². The highest BCUT2D eigenvalue weighted by Crippen LogP contribution is 2.34. The second kappa shape index (κ2) is 6.03. The Labute approximate surface area is 136 Å². The minimum atomic E-state index is -0.110. The van der Waals surface area contributed by atoms with Gasteiger partial charge in [-0.05, 0) is 36.5 Å². The molecule has 4 nitrogen and oxygen atoms in total. The van der Waals surface area contributed by atoms with Crippen LogP contribution in [0.2, 0.25) is 0 Å². The van der Waals surface area contributed by atoms with Crippen molar-refractivity contribution in [3.63, 3.8) is 0 Å². The molecule has 1 aromatic carbocycles. The first-order valence-corrected chi connectivity index (χ1v) is 8.07. The van der Waals surface area contributed by atoms with Crippen molar-refractivity contribution in [2.24, 2.45) is 13.0 Å². The standard InChI is InChI=1S/C19H22N2O2/c1-13(2)16-10-8-14-6-4-5-7-17(14)21(16)19(23)15-9-11-18(22)20(3)12-15/h4-7,9,11-13,16H,8,10H2,1-3H3. The van der Waals surface area contributed by atoms with E-state index in [9.17, 15) is 9.59 Å². The number of rotatable bonds is 2. The molecule has 1 aromatic heterocycles. The van der Waals surface area contributed by atoms with Crippen LogP contribution in [0.1, 0.15) is 36.2 Å². The van der Waals surface area contributed by atoms with Gasteiger partial charge in [-0.15, -0.1) is 0 Å². The predicted molar refractivity (Wildman–Crippen MR) is 91.9 cm³/mol. The Morgan fingerprint density at radius 1 is 1.17 bits per heavy atom. The molecule has 23 heavy (non-hydrogen) atoms. The van der Waals surface area contributed by atoms with Crippen LogP contribution in [0, 0.1) is 5.92 Å². The van der Waals surface area contributed by atoms with E-state index in [-0.39, 0.29) is 17.5 Å². The molecule has 0 saturated carbocycles. The first-order valence-electron chi connectivity index (χ1n) is 8.07. The number of para-hydroxylation sites is 1. The van der Waals surface area contributed by atoms with Gasteiger partial charge in [0, 0.05) is 31.0 Å². The minimum absolute atomic E-state index is 0.0357. The van der Waals surface area contributed by atoms with Crippen LogP contribution in [0.4, 0.5) is 5.69 Å². The van der Waals surface area contributed by atoms with Gasteiger partial charge in [0.25, 0.3) is 5.91 Å². The topological polar surface area (TPSA) is 42.3 Å². The molecule has 1 aliphatic rings. The Morgan fingerprint density at radius 3 is 2.61 bits per heavy atom. The van der Waals surface area contributed by atoms with E-state index in [2.05, 4.69) is 19.9 Å². The third-order valence-electron chi connectivity index (χ3n) is 4.61. The van der Waals surface area contributed by atoms with E-state index >= 15 is 0 Å². The van der Waals surface area contributed by atoms with Crippen molar-refractivity contribution in [3.8, 4) is 0 Å². The molecule has 2 aromatic rings. The Kier molecular flexibility index (Phi) is 4.07. The zero-order valence-electron chi connectivity index (χ0n) is 13.8. The number of hydrogen-bond donors (Lipinski definition) is 0. The number of carbonyl (C=O) groups is 1. The fourth-order valence-corrected chi connectivity index (χ4v) is 3.32. The van der Waals surface area contributed by atoms with E-state index in [1.165, 1.54) is 16.2 Å². The molecule has 3 rings (SSSR count). The molecule has 1 atom stereocenters. The van der Waals surface area contributed by atoms with Crippen LogP contribution in [-0.4, -0.2) is 16.5 Å². The fourth-order valence-electron chi connectivity index (χ4n) is 3.32. The van der Waals surface area contributed by atoms with Gasteiger partial charge in [-0.1, -0.05) is 32.0 Å². The third kappa shape index (κ3) is 2.81. The van der Waals surface area contributed by atoms with Gasteiger partial charge in [0.2, 0.25) is 5.56 Å². The molecule has 0 spiro atoms. The number of nitrogens with zero attached hydrogens (tertiary/aromatic N) is 2. The molecule has 0 saturated heterocycles. The summed E-state index contributed by atoms with van der Waals surface area (Å²) in [5.41, 5.74) is 2.65. The Morgan fingerprint density at radius 2 is 1.91 bits per heavy atom. The summed E-state index contributed by atoms with van der Waals surface area (Å²) in [6.07, 6.45) is 3.58. The smallest absolute Gasteiger partial charge is 0.260 e. The SMILES string of the molecule is CC(C)C1CCc2ccccc2N1C(=O)c1ccc(=O)n(C)c1. The van der Waals surface area contributed by atoms with Gasteiger partial charge in [-0.2, -0.15) is 0 Å². The summed E-state index contributed by atoms with van der Waals surface area (Å²) >= 11 is 0. The van der Waals surface area contributed by atoms with Gasteiger partial charge in [0.05, 0.1) is 5.56 Å². The quantitative estimate of drug-likeness (QED) is 0.856. The Bertz CT molecular complexity index is 792. The number of aryl methyl sites for hydroxylation is 2. The van der Waals surface area contributed by atoms with E-state index in [1.54, 1.807) is 19.3 Å². The molecular formula is C19H22N2O2. The molecule has 4 heteroatoms. The number of anilines is 1. The summed E-state index contributed by atoms with van der Waals surface area (Å²) in [6.45, 7) is 4.30. The highest BCUT2D eigenvalue weighted by molar-refractivity contribution is 6.07. The molecule has 0 radical (unpaired) electrons. The molecule has 1 unspecified atom stereocenters. The van der Waals surface area contributed by atoms with Gasteiger partial charge in [-0.3, -0.25) is 9.59 Å². The molecule has 0 bridgehead atoms. The largest absolute Gasteiger partial charge is 0.318 e. The van der Waals surface area contributed by atoms with Crippen LogP contribution >= 0.6 is 0 Å². The van der Waals surface area contributed by atoms with Crippen molar-refractivity contribution >= 4 is 11.6 Å². The lowest BCUT2D eigenvalue weighted by molar-refractivity contribution is 0.0964. The summed E-state index contributed by atoms with van der Waals surface area (Å²) < 4.78 is 1.45. The van der Waals surface area contributed by atoms with Gasteiger partial charge >= 0.3 is 0 Å². The van der Waals surface area contributed by atoms with Gasteiger partial charge in [0.15, 0.2) is 0 Å². The first-order chi connectivity index (χ1) is 11.0. The normalized spacial score (nSPS) is 17.2. The lowest BCUT2D eigenvalue weighted by Gasteiger charge is -2.39. The van der Waals surface area contributed by atoms with E-state index in [0.29, 0.717) is 11.5 Å². The maximum Gasteiger partial charge on any atom is 0.260 e. The lowest BCUT2D eigenvalue weighted by atomic mass is 9.89. The number of benzene rings is 1. The molecule has 0 N–H and O–H groups in total. The number of fused-ring (bicyclic) bond motifs is 1. The zero-order chi connectivity index (χ0) is 16.6. The molecule has 2 heterocycles. The molecule has 120 valence electrons. The summed E-state index contributed by atoms with van der Waals surface area (Å²) in [7, 11) is 1.67. The zero-order valence-corrected chi connectivity index (χ0v) is 13.8. The number of carbonyl (C=O) groups excluding carboxylic acids is 1. The summed E-state index contributed by atoms with van der Waals surface area (Å²) in [5, 5.41) is 0. The van der Waals surface area contributed by atoms with Crippen molar-refractivity contribution in [1.29, 1.82) is 0 Å². The van der Waals surface area contributed by atoms with Crippen LogP contribution in [-0.2, 0) is 13.5 Å². The van der Waals surface area contributed by atoms with Crippen molar-refractivity contribution in [2.75, 3.05) is 4.90 Å². The lowest BCUT2D eigenvalue weighted by Crippen LogP contribution is -2.46. The number of pyridine rings is 1. The molecule has 1 aliphatic heterocycles. The van der Waals surface area contributed by atoms with E-state index < -0.39 is 0 Å². The molecule has 0 aliphatic carbocycles. The van der Waals surface area contributed by atoms with Crippen LogP contribution < -0.4 is 10.5 Å². The summed E-state index contributed by atoms with van der Waals surface area (Å²) in [4.78, 5) is 26.7. The van der Waals surface area contributed by atoms with Gasteiger partial charge < -0.3 is 9.47 Å². The second-order valence-electron chi connectivity index (χ2n) is 6.52. The van der Waals surface area contributed by atoms with Gasteiger partial charge in [0.1, 0.15) is 0 Å². The van der Waals surface area contributed by atoms with E-state index in [4.69, 9.17) is 0 Å². The predicted octanol–water partition coefficient (Wildman–Crippen LogP) is 3.00. The van der Waals surface area contributed by atoms with Crippen LogP contribution in [0.15, 0.2) is 47.4 Å². The number of aromatic nitrogens is 1. The van der Waals surface area contributed by atoms with Crippen LogP contribution in [0.3, 0.4) is 0 Å². The van der Waals surface area contributed by atoms with Crippen molar-refractivity contribution in [3.05, 3.63) is 64.1 Å². The molecular weight excluding hydrogens is 288 g/mol. The minimum Gasteiger partial charge on any atom is -0.318 e. The Hall–Kier alpha value is -2.36. The third-order valence-corrected chi connectivity index (χ3v) is 4.61. The molecule has 1 amide bonds. The van der Waals surface area contributed by atoms with Crippen LogP contribution in [0.5, 0.6) is 0 Å². The average molecular weight is 310 g/mol. The highest BCUT2D eigenvalue weighted by atomic mass is 16.2. The first kappa shape index (κ1) is 15.5. The number of amides is 1. The van der Waals surface area contributed by atoms with E-state index in [0.717, 1.165) is 18.5 Å². The highest BCUT2D eigenvalue weighted by Gasteiger charge is 2.33. The van der Waals surface area contributed by atoms with Crippen molar-refractivity contribution < 1.29 is 4.79 Å². The Balaban J connectivity index is 2.07. The van der Waals surface area contributed by atoms with Crippen molar-refractivity contribution in [2.45, 2.75) is 32.7 Å². The fraction of sp³-hybridized carbons (Fsp3) is 0.368. The summed E-state index contributed by atoms with van der Waals surface area (Å²) in [5.74, 6) is 0.339.